The molecular weight excluding hydrogens is 350 g/mol. The predicted molar refractivity (Wildman–Crippen MR) is 106 cm³/mol. The molecule has 2 aliphatic heterocycles. The highest BCUT2D eigenvalue weighted by atomic mass is 32.1. The second-order valence-electron chi connectivity index (χ2n) is 7.11. The number of ether oxygens (including phenoxy) is 1. The summed E-state index contributed by atoms with van der Waals surface area (Å²) in [5, 5.41) is 27.3. The van der Waals surface area contributed by atoms with E-state index in [9.17, 15) is 5.21 Å². The summed E-state index contributed by atoms with van der Waals surface area (Å²) in [6.07, 6.45) is 9.41. The summed E-state index contributed by atoms with van der Waals surface area (Å²) in [7, 11) is 0. The molecule has 0 bridgehead atoms. The lowest BCUT2D eigenvalue weighted by Crippen LogP contribution is -2.57. The van der Waals surface area contributed by atoms with Gasteiger partial charge in [-0.15, -0.1) is 5.10 Å². The van der Waals surface area contributed by atoms with E-state index in [1.54, 1.807) is 0 Å². The summed E-state index contributed by atoms with van der Waals surface area (Å²) in [6.45, 7) is 7.75. The molecule has 1 aromatic rings. The van der Waals surface area contributed by atoms with Crippen LogP contribution in [0.3, 0.4) is 0 Å². The van der Waals surface area contributed by atoms with Crippen molar-refractivity contribution >= 4 is 16.5 Å². The Morgan fingerprint density at radius 3 is 3.08 bits per heavy atom. The first-order valence-corrected chi connectivity index (χ1v) is 10.6. The fourth-order valence-corrected chi connectivity index (χ4v) is 4.53. The van der Waals surface area contributed by atoms with Crippen LogP contribution in [0.1, 0.15) is 44.5 Å². The molecule has 1 aromatic heterocycles. The zero-order valence-corrected chi connectivity index (χ0v) is 16.7. The summed E-state index contributed by atoms with van der Waals surface area (Å²) < 4.78 is 5.25. The van der Waals surface area contributed by atoms with Crippen LogP contribution in [0, 0.1) is 5.21 Å². The van der Waals surface area contributed by atoms with Crippen LogP contribution in [0.25, 0.3) is 0 Å². The van der Waals surface area contributed by atoms with Crippen molar-refractivity contribution in [2.45, 2.75) is 58.2 Å². The van der Waals surface area contributed by atoms with Gasteiger partial charge in [0.15, 0.2) is 6.17 Å². The van der Waals surface area contributed by atoms with Gasteiger partial charge in [-0.3, -0.25) is 9.96 Å². The number of quaternary nitrogens is 1. The Hall–Kier alpha value is -0.900. The fourth-order valence-electron chi connectivity index (χ4n) is 3.57. The van der Waals surface area contributed by atoms with Gasteiger partial charge in [-0.25, -0.2) is 4.90 Å². The van der Waals surface area contributed by atoms with Crippen molar-refractivity contribution in [3.05, 3.63) is 22.4 Å². The Balaban J connectivity index is 1.64. The number of aromatic nitrogens is 2. The van der Waals surface area contributed by atoms with Gasteiger partial charge in [-0.2, -0.15) is 0 Å². The van der Waals surface area contributed by atoms with Gasteiger partial charge >= 0.3 is 5.13 Å². The Morgan fingerprint density at radius 1 is 1.46 bits per heavy atom. The molecule has 146 valence electrons. The van der Waals surface area contributed by atoms with Gasteiger partial charge in [0.1, 0.15) is 11.7 Å². The van der Waals surface area contributed by atoms with Crippen LogP contribution < -0.4 is 9.96 Å². The third-order valence-corrected chi connectivity index (χ3v) is 6.27. The SMILES string of the molecule is CC=CCCCc1nnc([N+]2([O-])CN(CC)CC2NCC2CCCO2)s1. The number of nitrogens with zero attached hydrogens (tertiary/aromatic N) is 4. The standard InChI is InChI=1S/C18H31N5O2S/c1-3-5-6-7-10-17-20-21-18(26-17)23(24)14-22(4-2)13-16(23)19-12-15-9-8-11-25-15/h3,5,15-16,19H,4,6-14H2,1-2H3. The van der Waals surface area contributed by atoms with Crippen LogP contribution in [0.2, 0.25) is 0 Å². The van der Waals surface area contributed by atoms with Crippen molar-refractivity contribution in [3.63, 3.8) is 0 Å². The van der Waals surface area contributed by atoms with Gasteiger partial charge in [0.25, 0.3) is 0 Å². The molecule has 3 rings (SSSR count). The lowest BCUT2D eigenvalue weighted by Gasteiger charge is -2.40. The molecular formula is C18H31N5O2S. The maximum absolute atomic E-state index is 13.7. The van der Waals surface area contributed by atoms with E-state index >= 15 is 0 Å². The van der Waals surface area contributed by atoms with Crippen molar-refractivity contribution in [2.24, 2.45) is 0 Å². The molecule has 3 atom stereocenters. The number of nitrogens with one attached hydrogen (secondary N) is 1. The third-order valence-electron chi connectivity index (χ3n) is 5.17. The van der Waals surface area contributed by atoms with E-state index in [2.05, 4.69) is 39.5 Å². The lowest BCUT2D eigenvalue weighted by atomic mass is 10.2. The number of hydrogen-bond donors (Lipinski definition) is 1. The monoisotopic (exact) mass is 381 g/mol. The molecule has 0 amide bonds. The highest BCUT2D eigenvalue weighted by molar-refractivity contribution is 7.15. The van der Waals surface area contributed by atoms with Gasteiger partial charge in [0.2, 0.25) is 0 Å². The zero-order valence-electron chi connectivity index (χ0n) is 15.9. The molecule has 3 unspecified atom stereocenters. The summed E-state index contributed by atoms with van der Waals surface area (Å²) in [4.78, 5) is 2.19. The van der Waals surface area contributed by atoms with Crippen molar-refractivity contribution in [1.29, 1.82) is 0 Å². The van der Waals surface area contributed by atoms with E-state index in [0.717, 1.165) is 63.4 Å². The number of aryl methyl sites for hydroxylation is 1. The first-order valence-electron chi connectivity index (χ1n) is 9.76. The summed E-state index contributed by atoms with van der Waals surface area (Å²) in [5.74, 6) is 0. The quantitative estimate of drug-likeness (QED) is 0.307. The fraction of sp³-hybridized carbons (Fsp3) is 0.778. The van der Waals surface area contributed by atoms with E-state index in [0.29, 0.717) is 11.8 Å². The molecule has 2 saturated heterocycles. The normalized spacial score (nSPS) is 30.0. The van der Waals surface area contributed by atoms with Gasteiger partial charge < -0.3 is 9.94 Å². The van der Waals surface area contributed by atoms with E-state index in [-0.39, 0.29) is 12.3 Å². The average Bonchev–Trinajstić information content (AvgIpc) is 3.37. The molecule has 1 N–H and O–H groups in total. The van der Waals surface area contributed by atoms with Crippen LogP contribution in [0.4, 0.5) is 5.13 Å². The minimum absolute atomic E-state index is 0.206. The Labute approximate surface area is 160 Å². The van der Waals surface area contributed by atoms with E-state index in [4.69, 9.17) is 4.74 Å². The summed E-state index contributed by atoms with van der Waals surface area (Å²) in [6, 6.07) is 0. The molecule has 26 heavy (non-hydrogen) atoms. The topological polar surface area (TPSA) is 73.3 Å². The molecule has 0 saturated carbocycles. The second kappa shape index (κ2) is 9.34. The van der Waals surface area contributed by atoms with Crippen LogP contribution in [0.5, 0.6) is 0 Å². The maximum Gasteiger partial charge on any atom is 0.309 e. The van der Waals surface area contributed by atoms with E-state index < -0.39 is 4.65 Å². The van der Waals surface area contributed by atoms with Crippen molar-refractivity contribution in [2.75, 3.05) is 32.9 Å². The van der Waals surface area contributed by atoms with Gasteiger partial charge in [-0.1, -0.05) is 24.2 Å². The largest absolute Gasteiger partial charge is 0.623 e. The molecule has 0 aliphatic carbocycles. The molecule has 0 aromatic carbocycles. The zero-order chi connectivity index (χ0) is 18.4. The van der Waals surface area contributed by atoms with Crippen molar-refractivity contribution in [1.82, 2.24) is 25.1 Å². The minimum atomic E-state index is -0.437. The minimum Gasteiger partial charge on any atom is -0.623 e. The second-order valence-corrected chi connectivity index (χ2v) is 8.15. The Kier molecular flexibility index (Phi) is 7.13. The van der Waals surface area contributed by atoms with Gasteiger partial charge in [0.05, 0.1) is 12.6 Å². The average molecular weight is 382 g/mol. The summed E-state index contributed by atoms with van der Waals surface area (Å²) in [5.41, 5.74) is 0. The smallest absolute Gasteiger partial charge is 0.309 e. The number of allylic oxidation sites excluding steroid dienone is 2. The number of hydroxylamine groups is 2. The summed E-state index contributed by atoms with van der Waals surface area (Å²) >= 11 is 1.48. The molecule has 3 heterocycles. The lowest BCUT2D eigenvalue weighted by molar-refractivity contribution is 0.103. The molecule has 0 radical (unpaired) electrons. The van der Waals surface area contributed by atoms with Crippen LogP contribution in [-0.4, -0.2) is 60.3 Å². The number of hydrogen-bond acceptors (Lipinski definition) is 7. The number of likely N-dealkylation sites (N-methyl/N-ethyl adjacent to an activating group) is 1. The van der Waals surface area contributed by atoms with E-state index in [1.807, 2.05) is 6.92 Å². The first kappa shape index (κ1) is 19.9. The highest BCUT2D eigenvalue weighted by Crippen LogP contribution is 2.33. The predicted octanol–water partition coefficient (Wildman–Crippen LogP) is 2.63. The molecule has 2 aliphatic rings. The molecule has 7 nitrogen and oxygen atoms in total. The Bertz CT molecular complexity index is 590. The van der Waals surface area contributed by atoms with Crippen LogP contribution in [-0.2, 0) is 11.2 Å². The number of rotatable bonds is 9. The van der Waals surface area contributed by atoms with Crippen LogP contribution >= 0.6 is 11.3 Å². The Morgan fingerprint density at radius 2 is 2.35 bits per heavy atom. The van der Waals surface area contributed by atoms with Gasteiger partial charge in [-0.05, 0) is 43.9 Å². The number of unbranched alkanes of at least 4 members (excludes halogenated alkanes) is 1. The maximum atomic E-state index is 13.7. The molecule has 8 heteroatoms. The van der Waals surface area contributed by atoms with Crippen molar-refractivity contribution < 1.29 is 4.74 Å². The highest BCUT2D eigenvalue weighted by Gasteiger charge is 2.43. The van der Waals surface area contributed by atoms with Crippen LogP contribution in [0.15, 0.2) is 12.2 Å². The molecule has 0 spiro atoms. The third kappa shape index (κ3) is 4.68. The van der Waals surface area contributed by atoms with Crippen molar-refractivity contribution in [3.8, 4) is 0 Å². The first-order chi connectivity index (χ1) is 12.7. The van der Waals surface area contributed by atoms with E-state index in [1.165, 1.54) is 11.3 Å². The molecule has 2 fully saturated rings. The van der Waals surface area contributed by atoms with Gasteiger partial charge in [0, 0.05) is 26.1 Å².